The lowest BCUT2D eigenvalue weighted by molar-refractivity contribution is -0.152. The molecule has 0 atom stereocenters. The van der Waals surface area contributed by atoms with E-state index in [0.29, 0.717) is 27.3 Å². The first-order valence-electron chi connectivity index (χ1n) is 11.7. The summed E-state index contributed by atoms with van der Waals surface area (Å²) >= 11 is 6.55. The Morgan fingerprint density at radius 3 is 2.66 bits per heavy atom. The Labute approximate surface area is 215 Å². The number of hydrogen-bond donors (Lipinski definition) is 0. The van der Waals surface area contributed by atoms with Crippen LogP contribution in [0.1, 0.15) is 48.8 Å². The number of benzene rings is 2. The van der Waals surface area contributed by atoms with E-state index in [4.69, 9.17) is 26.4 Å². The van der Waals surface area contributed by atoms with E-state index >= 15 is 0 Å². The highest BCUT2D eigenvalue weighted by atomic mass is 32.2. The van der Waals surface area contributed by atoms with Crippen LogP contribution < -0.4 is 9.47 Å². The van der Waals surface area contributed by atoms with E-state index in [1.165, 1.54) is 23.1 Å². The Balaban J connectivity index is 1.41. The number of esters is 1. The van der Waals surface area contributed by atoms with Crippen molar-refractivity contribution in [3.8, 4) is 11.5 Å². The number of nitrogens with zero attached hydrogens (tertiary/aromatic N) is 1. The van der Waals surface area contributed by atoms with Crippen molar-refractivity contribution < 1.29 is 23.8 Å². The molecule has 1 aliphatic heterocycles. The van der Waals surface area contributed by atoms with E-state index in [0.717, 1.165) is 42.4 Å². The smallest absolute Gasteiger partial charge is 0.326 e. The van der Waals surface area contributed by atoms with Gasteiger partial charge in [0, 0.05) is 0 Å². The van der Waals surface area contributed by atoms with E-state index in [1.807, 2.05) is 49.4 Å². The average molecular weight is 512 g/mol. The molecule has 1 aliphatic carbocycles. The van der Waals surface area contributed by atoms with Crippen LogP contribution in [0.25, 0.3) is 6.08 Å². The van der Waals surface area contributed by atoms with Crippen molar-refractivity contribution in [3.05, 3.63) is 64.1 Å². The van der Waals surface area contributed by atoms with E-state index in [9.17, 15) is 9.59 Å². The fraction of sp³-hybridized carbons (Fsp3) is 0.370. The molecule has 0 unspecified atom stereocenters. The molecular formula is C27H29NO5S2. The van der Waals surface area contributed by atoms with Gasteiger partial charge in [-0.3, -0.25) is 14.5 Å². The van der Waals surface area contributed by atoms with Gasteiger partial charge in [0.25, 0.3) is 5.91 Å². The van der Waals surface area contributed by atoms with Gasteiger partial charge < -0.3 is 14.2 Å². The van der Waals surface area contributed by atoms with Crippen LogP contribution in [0.4, 0.5) is 0 Å². The molecule has 0 bridgehead atoms. The maximum Gasteiger partial charge on any atom is 0.326 e. The zero-order chi connectivity index (χ0) is 24.8. The Kier molecular flexibility index (Phi) is 8.46. The molecule has 2 aliphatic rings. The second-order valence-electron chi connectivity index (χ2n) is 8.64. The quantitative estimate of drug-likeness (QED) is 0.257. The van der Waals surface area contributed by atoms with Crippen molar-refractivity contribution in [2.75, 3.05) is 13.7 Å². The van der Waals surface area contributed by atoms with Gasteiger partial charge in [-0.1, -0.05) is 60.7 Å². The summed E-state index contributed by atoms with van der Waals surface area (Å²) in [5.41, 5.74) is 3.03. The standard InChI is InChI=1S/C27H29NO5S2/c1-18-8-6-7-9-20(18)17-32-22-13-12-19(14-23(22)31-2)15-24-26(30)28(27(34)35-24)16-25(29)33-21-10-4-3-5-11-21/h6-9,12-15,21H,3-5,10-11,16-17H2,1-2H3. The predicted molar refractivity (Wildman–Crippen MR) is 141 cm³/mol. The van der Waals surface area contributed by atoms with Crippen LogP contribution in [-0.4, -0.2) is 40.9 Å². The molecule has 0 spiro atoms. The number of methoxy groups -OCH3 is 1. The van der Waals surface area contributed by atoms with Crippen LogP contribution in [0.3, 0.4) is 0 Å². The number of hydrogen-bond acceptors (Lipinski definition) is 7. The summed E-state index contributed by atoms with van der Waals surface area (Å²) in [4.78, 5) is 27.1. The van der Waals surface area contributed by atoms with Crippen molar-refractivity contribution in [3.63, 3.8) is 0 Å². The molecule has 184 valence electrons. The zero-order valence-electron chi connectivity index (χ0n) is 20.0. The number of rotatable bonds is 8. The van der Waals surface area contributed by atoms with Gasteiger partial charge >= 0.3 is 5.97 Å². The van der Waals surface area contributed by atoms with Gasteiger partial charge in [0.1, 0.15) is 23.6 Å². The summed E-state index contributed by atoms with van der Waals surface area (Å²) in [6.45, 7) is 2.32. The second kappa shape index (κ2) is 11.7. The highest BCUT2D eigenvalue weighted by molar-refractivity contribution is 8.26. The van der Waals surface area contributed by atoms with Crippen molar-refractivity contribution in [2.24, 2.45) is 0 Å². The lowest BCUT2D eigenvalue weighted by Gasteiger charge is -2.23. The number of thiocarbonyl (C=S) groups is 1. The number of ether oxygens (including phenoxy) is 3. The van der Waals surface area contributed by atoms with Crippen LogP contribution in [0.15, 0.2) is 47.4 Å². The fourth-order valence-electron chi connectivity index (χ4n) is 4.14. The SMILES string of the molecule is COc1cc(C=C2SC(=S)N(CC(=O)OC3CCCCC3)C2=O)ccc1OCc1ccccc1C. The van der Waals surface area contributed by atoms with Crippen LogP contribution in [0, 0.1) is 6.92 Å². The molecule has 2 aromatic rings. The molecular weight excluding hydrogens is 482 g/mol. The van der Waals surface area contributed by atoms with Gasteiger partial charge in [-0.25, -0.2) is 0 Å². The van der Waals surface area contributed by atoms with Gasteiger partial charge in [0.15, 0.2) is 11.5 Å². The minimum absolute atomic E-state index is 0.0517. The molecule has 2 aromatic carbocycles. The lowest BCUT2D eigenvalue weighted by atomic mass is 9.98. The highest BCUT2D eigenvalue weighted by Crippen LogP contribution is 2.35. The van der Waals surface area contributed by atoms with Crippen LogP contribution in [-0.2, 0) is 20.9 Å². The summed E-state index contributed by atoms with van der Waals surface area (Å²) in [6, 6.07) is 13.6. The van der Waals surface area contributed by atoms with Gasteiger partial charge in [-0.05, 0) is 67.5 Å². The first-order chi connectivity index (χ1) is 16.9. The van der Waals surface area contributed by atoms with Crippen LogP contribution >= 0.6 is 24.0 Å². The van der Waals surface area contributed by atoms with Gasteiger partial charge in [0.05, 0.1) is 12.0 Å². The fourth-order valence-corrected chi connectivity index (χ4v) is 5.40. The molecule has 35 heavy (non-hydrogen) atoms. The number of amides is 1. The van der Waals surface area contributed by atoms with Gasteiger partial charge in [0.2, 0.25) is 0 Å². The molecule has 0 aromatic heterocycles. The second-order valence-corrected chi connectivity index (χ2v) is 10.3. The molecule has 4 rings (SSSR count). The highest BCUT2D eigenvalue weighted by Gasteiger charge is 2.34. The van der Waals surface area contributed by atoms with E-state index in [2.05, 4.69) is 0 Å². The molecule has 1 saturated carbocycles. The topological polar surface area (TPSA) is 65.1 Å². The molecule has 2 fully saturated rings. The van der Waals surface area contributed by atoms with Gasteiger partial charge in [-0.2, -0.15) is 0 Å². The minimum Gasteiger partial charge on any atom is -0.493 e. The van der Waals surface area contributed by atoms with Gasteiger partial charge in [-0.15, -0.1) is 0 Å². The summed E-state index contributed by atoms with van der Waals surface area (Å²) in [5.74, 6) is 0.482. The third-order valence-corrected chi connectivity index (χ3v) is 7.52. The molecule has 0 N–H and O–H groups in total. The molecule has 1 saturated heterocycles. The van der Waals surface area contributed by atoms with E-state index in [1.54, 1.807) is 13.2 Å². The molecule has 0 radical (unpaired) electrons. The summed E-state index contributed by atoms with van der Waals surface area (Å²) < 4.78 is 17.4. The van der Waals surface area contributed by atoms with E-state index in [-0.39, 0.29) is 18.6 Å². The number of carbonyl (C=O) groups is 2. The third kappa shape index (κ3) is 6.44. The zero-order valence-corrected chi connectivity index (χ0v) is 21.6. The predicted octanol–water partition coefficient (Wildman–Crippen LogP) is 5.66. The number of aryl methyl sites for hydroxylation is 1. The third-order valence-electron chi connectivity index (χ3n) is 6.14. The number of carbonyl (C=O) groups excluding carboxylic acids is 2. The Morgan fingerprint density at radius 1 is 1.14 bits per heavy atom. The number of thioether (sulfide) groups is 1. The summed E-state index contributed by atoms with van der Waals surface area (Å²) in [7, 11) is 1.58. The minimum atomic E-state index is -0.411. The van der Waals surface area contributed by atoms with Crippen LogP contribution in [0.5, 0.6) is 11.5 Å². The van der Waals surface area contributed by atoms with Crippen molar-refractivity contribution in [1.82, 2.24) is 4.90 Å². The maximum absolute atomic E-state index is 12.9. The monoisotopic (exact) mass is 511 g/mol. The largest absolute Gasteiger partial charge is 0.493 e. The summed E-state index contributed by atoms with van der Waals surface area (Å²) in [5, 5.41) is 0. The first-order valence-corrected chi connectivity index (χ1v) is 13.0. The molecule has 8 heteroatoms. The molecule has 6 nitrogen and oxygen atoms in total. The molecule has 1 heterocycles. The van der Waals surface area contributed by atoms with Crippen LogP contribution in [0.2, 0.25) is 0 Å². The maximum atomic E-state index is 12.9. The Bertz CT molecular complexity index is 1140. The lowest BCUT2D eigenvalue weighted by Crippen LogP contribution is -2.36. The average Bonchev–Trinajstić information content (AvgIpc) is 3.11. The Morgan fingerprint density at radius 2 is 1.91 bits per heavy atom. The normalized spacial score (nSPS) is 17.7. The van der Waals surface area contributed by atoms with Crippen molar-refractivity contribution >= 4 is 46.3 Å². The van der Waals surface area contributed by atoms with Crippen molar-refractivity contribution in [1.29, 1.82) is 0 Å². The van der Waals surface area contributed by atoms with E-state index < -0.39 is 5.97 Å². The first kappa shape index (κ1) is 25.3. The molecule has 1 amide bonds. The van der Waals surface area contributed by atoms with Crippen molar-refractivity contribution in [2.45, 2.75) is 51.7 Å². The summed E-state index contributed by atoms with van der Waals surface area (Å²) in [6.07, 6.45) is 6.79. The Hall–Kier alpha value is -2.84.